The van der Waals surface area contributed by atoms with Gasteiger partial charge in [-0.25, -0.2) is 0 Å². The number of amides is 1. The maximum Gasteiger partial charge on any atom is 0.251 e. The van der Waals surface area contributed by atoms with Crippen LogP contribution in [-0.4, -0.2) is 16.9 Å². The van der Waals surface area contributed by atoms with E-state index in [1.165, 1.54) is 22.8 Å². The van der Waals surface area contributed by atoms with Crippen molar-refractivity contribution in [2.75, 3.05) is 11.0 Å². The summed E-state index contributed by atoms with van der Waals surface area (Å²) in [7, 11) is 0. The van der Waals surface area contributed by atoms with Crippen LogP contribution >= 0.6 is 22.6 Å². The minimum Gasteiger partial charge on any atom is -0.352 e. The van der Waals surface area contributed by atoms with E-state index in [2.05, 4.69) is 27.9 Å². The lowest BCUT2D eigenvalue weighted by atomic mass is 10.1. The molecule has 1 amide bonds. The van der Waals surface area contributed by atoms with Crippen LogP contribution in [0, 0.1) is 6.92 Å². The fraction of sp³-hybridized carbons (Fsp3) is 0.462. The van der Waals surface area contributed by atoms with E-state index in [1.807, 2.05) is 31.2 Å². The predicted molar refractivity (Wildman–Crippen MR) is 76.3 cm³/mol. The Bertz CT molecular complexity index is 321. The van der Waals surface area contributed by atoms with Crippen molar-refractivity contribution in [1.29, 1.82) is 0 Å². The van der Waals surface area contributed by atoms with E-state index >= 15 is 0 Å². The normalized spacial score (nSPS) is 10.1. The second-order valence-corrected chi connectivity index (χ2v) is 4.95. The van der Waals surface area contributed by atoms with Crippen molar-refractivity contribution in [3.8, 4) is 0 Å². The number of unbranched alkanes of at least 4 members (excludes halogenated alkanes) is 2. The molecule has 0 aromatic heterocycles. The van der Waals surface area contributed by atoms with Gasteiger partial charge in [0.2, 0.25) is 0 Å². The van der Waals surface area contributed by atoms with Crippen LogP contribution in [0.15, 0.2) is 24.3 Å². The standard InChI is InChI=1S/C13H18INO/c1-11-5-7-12(8-6-11)13(16)15-10-4-2-3-9-14/h5-8H,2-4,9-10H2,1H3,(H,15,16). The molecule has 0 aliphatic rings. The lowest BCUT2D eigenvalue weighted by Crippen LogP contribution is -2.24. The predicted octanol–water partition coefficient (Wildman–Crippen LogP) is 3.33. The van der Waals surface area contributed by atoms with E-state index in [4.69, 9.17) is 0 Å². The van der Waals surface area contributed by atoms with Gasteiger partial charge in [-0.15, -0.1) is 0 Å². The summed E-state index contributed by atoms with van der Waals surface area (Å²) in [6.07, 6.45) is 3.50. The summed E-state index contributed by atoms with van der Waals surface area (Å²) < 4.78 is 1.20. The summed E-state index contributed by atoms with van der Waals surface area (Å²) in [5.41, 5.74) is 1.93. The minimum atomic E-state index is 0.0365. The molecule has 0 heterocycles. The van der Waals surface area contributed by atoms with E-state index in [1.54, 1.807) is 0 Å². The van der Waals surface area contributed by atoms with Crippen LogP contribution in [0.2, 0.25) is 0 Å². The molecule has 0 saturated carbocycles. The zero-order valence-electron chi connectivity index (χ0n) is 9.63. The van der Waals surface area contributed by atoms with Crippen molar-refractivity contribution in [3.05, 3.63) is 35.4 Å². The molecule has 16 heavy (non-hydrogen) atoms. The number of carbonyl (C=O) groups excluding carboxylic acids is 1. The van der Waals surface area contributed by atoms with Gasteiger partial charge < -0.3 is 5.32 Å². The molecule has 1 rings (SSSR count). The van der Waals surface area contributed by atoms with Crippen LogP contribution in [0.25, 0.3) is 0 Å². The first kappa shape index (κ1) is 13.5. The number of halogens is 1. The Balaban J connectivity index is 2.27. The molecule has 0 atom stereocenters. The Labute approximate surface area is 111 Å². The van der Waals surface area contributed by atoms with Crippen LogP contribution in [0.4, 0.5) is 0 Å². The SMILES string of the molecule is Cc1ccc(C(=O)NCCCCCI)cc1. The largest absolute Gasteiger partial charge is 0.352 e. The highest BCUT2D eigenvalue weighted by molar-refractivity contribution is 14.1. The van der Waals surface area contributed by atoms with Gasteiger partial charge in [0.15, 0.2) is 0 Å². The van der Waals surface area contributed by atoms with E-state index in [-0.39, 0.29) is 5.91 Å². The number of hydrogen-bond donors (Lipinski definition) is 1. The molecule has 0 aliphatic carbocycles. The Kier molecular flexibility index (Phi) is 6.45. The smallest absolute Gasteiger partial charge is 0.251 e. The molecule has 0 radical (unpaired) electrons. The summed E-state index contributed by atoms with van der Waals surface area (Å²) in [4.78, 5) is 11.7. The van der Waals surface area contributed by atoms with Gasteiger partial charge in [-0.2, -0.15) is 0 Å². The average molecular weight is 331 g/mol. The number of aryl methyl sites for hydroxylation is 1. The fourth-order valence-electron chi connectivity index (χ4n) is 1.41. The number of benzene rings is 1. The molecular formula is C13H18INO. The highest BCUT2D eigenvalue weighted by Crippen LogP contribution is 2.03. The maximum absolute atomic E-state index is 11.7. The number of rotatable bonds is 6. The quantitative estimate of drug-likeness (QED) is 0.484. The average Bonchev–Trinajstić information content (AvgIpc) is 2.29. The summed E-state index contributed by atoms with van der Waals surface area (Å²) in [5, 5.41) is 2.94. The number of nitrogens with one attached hydrogen (secondary N) is 1. The molecule has 0 fully saturated rings. The number of hydrogen-bond acceptors (Lipinski definition) is 1. The van der Waals surface area contributed by atoms with Crippen molar-refractivity contribution < 1.29 is 4.79 Å². The first-order chi connectivity index (χ1) is 7.74. The Morgan fingerprint density at radius 2 is 1.88 bits per heavy atom. The minimum absolute atomic E-state index is 0.0365. The van der Waals surface area contributed by atoms with Crippen LogP contribution in [0.5, 0.6) is 0 Å². The molecule has 1 aromatic carbocycles. The van der Waals surface area contributed by atoms with Crippen LogP contribution in [0.1, 0.15) is 35.2 Å². The Morgan fingerprint density at radius 1 is 1.19 bits per heavy atom. The molecule has 3 heteroatoms. The van der Waals surface area contributed by atoms with Gasteiger partial charge in [0.25, 0.3) is 5.91 Å². The van der Waals surface area contributed by atoms with Crippen molar-refractivity contribution in [1.82, 2.24) is 5.32 Å². The molecule has 88 valence electrons. The fourth-order valence-corrected chi connectivity index (χ4v) is 1.94. The topological polar surface area (TPSA) is 29.1 Å². The zero-order valence-corrected chi connectivity index (χ0v) is 11.8. The Morgan fingerprint density at radius 3 is 2.50 bits per heavy atom. The first-order valence-corrected chi connectivity index (χ1v) is 7.17. The maximum atomic E-state index is 11.7. The molecule has 1 N–H and O–H groups in total. The highest BCUT2D eigenvalue weighted by Gasteiger charge is 2.03. The van der Waals surface area contributed by atoms with Crippen LogP contribution in [-0.2, 0) is 0 Å². The van der Waals surface area contributed by atoms with Gasteiger partial charge in [0.1, 0.15) is 0 Å². The van der Waals surface area contributed by atoms with Gasteiger partial charge in [-0.3, -0.25) is 4.79 Å². The third kappa shape index (κ3) is 4.96. The molecule has 0 spiro atoms. The van der Waals surface area contributed by atoms with E-state index in [9.17, 15) is 4.79 Å². The van der Waals surface area contributed by atoms with Gasteiger partial charge in [-0.1, -0.05) is 46.7 Å². The second kappa shape index (κ2) is 7.65. The first-order valence-electron chi connectivity index (χ1n) is 5.65. The summed E-state index contributed by atoms with van der Waals surface area (Å²) in [5.74, 6) is 0.0365. The number of carbonyl (C=O) groups is 1. The molecule has 0 unspecified atom stereocenters. The van der Waals surface area contributed by atoms with Gasteiger partial charge >= 0.3 is 0 Å². The lowest BCUT2D eigenvalue weighted by Gasteiger charge is -2.04. The molecule has 2 nitrogen and oxygen atoms in total. The third-order valence-electron chi connectivity index (χ3n) is 2.41. The Hall–Kier alpha value is -0.580. The van der Waals surface area contributed by atoms with Crippen molar-refractivity contribution in [3.63, 3.8) is 0 Å². The van der Waals surface area contributed by atoms with Gasteiger partial charge in [0.05, 0.1) is 0 Å². The molecule has 1 aromatic rings. The monoisotopic (exact) mass is 331 g/mol. The summed E-state index contributed by atoms with van der Waals surface area (Å²) in [6.45, 7) is 2.80. The van der Waals surface area contributed by atoms with Crippen LogP contribution < -0.4 is 5.32 Å². The van der Waals surface area contributed by atoms with E-state index < -0.39 is 0 Å². The summed E-state index contributed by atoms with van der Waals surface area (Å²) in [6, 6.07) is 7.67. The molecule has 0 bridgehead atoms. The van der Waals surface area contributed by atoms with Crippen molar-refractivity contribution >= 4 is 28.5 Å². The molecular weight excluding hydrogens is 313 g/mol. The molecule has 0 saturated heterocycles. The van der Waals surface area contributed by atoms with Crippen molar-refractivity contribution in [2.24, 2.45) is 0 Å². The number of alkyl halides is 1. The van der Waals surface area contributed by atoms with Crippen molar-refractivity contribution in [2.45, 2.75) is 26.2 Å². The lowest BCUT2D eigenvalue weighted by molar-refractivity contribution is 0.0953. The highest BCUT2D eigenvalue weighted by atomic mass is 127. The van der Waals surface area contributed by atoms with E-state index in [0.29, 0.717) is 0 Å². The second-order valence-electron chi connectivity index (χ2n) is 3.87. The third-order valence-corrected chi connectivity index (χ3v) is 3.17. The summed E-state index contributed by atoms with van der Waals surface area (Å²) >= 11 is 2.38. The van der Waals surface area contributed by atoms with Gasteiger partial charge in [-0.05, 0) is 36.3 Å². The molecule has 0 aliphatic heterocycles. The van der Waals surface area contributed by atoms with E-state index in [0.717, 1.165) is 18.5 Å². The van der Waals surface area contributed by atoms with Crippen LogP contribution in [0.3, 0.4) is 0 Å². The van der Waals surface area contributed by atoms with Gasteiger partial charge in [0, 0.05) is 12.1 Å². The zero-order chi connectivity index (χ0) is 11.8.